The van der Waals surface area contributed by atoms with E-state index in [1.165, 1.54) is 42.6 Å². The van der Waals surface area contributed by atoms with Crippen LogP contribution in [0.25, 0.3) is 0 Å². The number of rotatable bonds is 10. The van der Waals surface area contributed by atoms with E-state index in [9.17, 15) is 0 Å². The van der Waals surface area contributed by atoms with Gasteiger partial charge in [-0.1, -0.05) is 36.8 Å². The van der Waals surface area contributed by atoms with Gasteiger partial charge in [-0.15, -0.1) is 0 Å². The summed E-state index contributed by atoms with van der Waals surface area (Å²) in [6.45, 7) is 6.72. The Morgan fingerprint density at radius 1 is 1.32 bits per heavy atom. The normalized spacial score (nSPS) is 12.6. The molecule has 0 aliphatic heterocycles. The zero-order chi connectivity index (χ0) is 13.9. The van der Waals surface area contributed by atoms with Crippen LogP contribution in [0.4, 0.5) is 0 Å². The molecule has 1 N–H and O–H groups in total. The highest BCUT2D eigenvalue weighted by Crippen LogP contribution is 2.16. The molecule has 1 aromatic carbocycles. The van der Waals surface area contributed by atoms with Gasteiger partial charge in [-0.05, 0) is 69.2 Å². The maximum absolute atomic E-state index is 3.59. The maximum Gasteiger partial charge on any atom is -0.00173 e. The van der Waals surface area contributed by atoms with E-state index in [0.717, 1.165) is 19.0 Å². The predicted molar refractivity (Wildman–Crippen MR) is 89.1 cm³/mol. The second-order valence-electron chi connectivity index (χ2n) is 5.40. The van der Waals surface area contributed by atoms with Crippen molar-refractivity contribution in [1.29, 1.82) is 0 Å². The van der Waals surface area contributed by atoms with Crippen LogP contribution in [0.15, 0.2) is 24.3 Å². The standard InChI is InChI=1S/C17H29NS/c1-4-10-18-14-17(9-6-11-19-3)13-16-8-5-7-15(2)12-16/h5,7-8,12,17-18H,4,6,9-11,13-14H2,1-3H3. The SMILES string of the molecule is CCCNCC(CCCSC)Cc1cccc(C)c1. The molecule has 1 nitrogen and oxygen atoms in total. The molecule has 0 aliphatic rings. The summed E-state index contributed by atoms with van der Waals surface area (Å²) in [5.41, 5.74) is 2.87. The van der Waals surface area contributed by atoms with Gasteiger partial charge in [-0.2, -0.15) is 11.8 Å². The number of benzene rings is 1. The topological polar surface area (TPSA) is 12.0 Å². The van der Waals surface area contributed by atoms with Crippen molar-refractivity contribution < 1.29 is 0 Å². The zero-order valence-electron chi connectivity index (χ0n) is 12.7. The number of thioether (sulfide) groups is 1. The van der Waals surface area contributed by atoms with Gasteiger partial charge in [0.2, 0.25) is 0 Å². The van der Waals surface area contributed by atoms with Crippen LogP contribution in [-0.2, 0) is 6.42 Å². The molecule has 19 heavy (non-hydrogen) atoms. The lowest BCUT2D eigenvalue weighted by atomic mass is 9.94. The number of nitrogens with one attached hydrogen (secondary N) is 1. The molecule has 0 fully saturated rings. The number of hydrogen-bond donors (Lipinski definition) is 1. The second kappa shape index (κ2) is 10.3. The number of aryl methyl sites for hydroxylation is 1. The van der Waals surface area contributed by atoms with Crippen LogP contribution in [0.3, 0.4) is 0 Å². The van der Waals surface area contributed by atoms with Gasteiger partial charge < -0.3 is 5.32 Å². The highest BCUT2D eigenvalue weighted by molar-refractivity contribution is 7.98. The summed E-state index contributed by atoms with van der Waals surface area (Å²) in [4.78, 5) is 0. The minimum Gasteiger partial charge on any atom is -0.316 e. The average Bonchev–Trinajstić information content (AvgIpc) is 2.39. The summed E-state index contributed by atoms with van der Waals surface area (Å²) in [7, 11) is 0. The first-order valence-electron chi connectivity index (χ1n) is 7.51. The van der Waals surface area contributed by atoms with Crippen LogP contribution in [0.2, 0.25) is 0 Å². The van der Waals surface area contributed by atoms with Crippen molar-refractivity contribution in [3.05, 3.63) is 35.4 Å². The van der Waals surface area contributed by atoms with E-state index >= 15 is 0 Å². The fraction of sp³-hybridized carbons (Fsp3) is 0.647. The fourth-order valence-corrected chi connectivity index (χ4v) is 2.90. The average molecular weight is 279 g/mol. The van der Waals surface area contributed by atoms with Crippen LogP contribution in [0, 0.1) is 12.8 Å². The van der Waals surface area contributed by atoms with E-state index in [1.54, 1.807) is 0 Å². The third-order valence-electron chi connectivity index (χ3n) is 3.43. The van der Waals surface area contributed by atoms with Gasteiger partial charge in [-0.3, -0.25) is 0 Å². The first-order valence-corrected chi connectivity index (χ1v) is 8.90. The third-order valence-corrected chi connectivity index (χ3v) is 4.12. The van der Waals surface area contributed by atoms with Crippen molar-refractivity contribution in [2.24, 2.45) is 5.92 Å². The lowest BCUT2D eigenvalue weighted by Crippen LogP contribution is -2.25. The van der Waals surface area contributed by atoms with Crippen molar-refractivity contribution >= 4 is 11.8 Å². The largest absolute Gasteiger partial charge is 0.316 e. The van der Waals surface area contributed by atoms with E-state index < -0.39 is 0 Å². The van der Waals surface area contributed by atoms with Gasteiger partial charge in [0.1, 0.15) is 0 Å². The molecule has 1 aromatic rings. The minimum absolute atomic E-state index is 0.778. The smallest absolute Gasteiger partial charge is 0.00173 e. The monoisotopic (exact) mass is 279 g/mol. The van der Waals surface area contributed by atoms with Gasteiger partial charge in [0, 0.05) is 0 Å². The Morgan fingerprint density at radius 2 is 2.16 bits per heavy atom. The first kappa shape index (κ1) is 16.6. The first-order chi connectivity index (χ1) is 9.26. The fourth-order valence-electron chi connectivity index (χ4n) is 2.45. The van der Waals surface area contributed by atoms with Gasteiger partial charge in [-0.25, -0.2) is 0 Å². The van der Waals surface area contributed by atoms with Crippen molar-refractivity contribution in [1.82, 2.24) is 5.32 Å². The molecule has 0 bridgehead atoms. The number of hydrogen-bond acceptors (Lipinski definition) is 2. The summed E-state index contributed by atoms with van der Waals surface area (Å²) in [6.07, 6.45) is 7.32. The van der Waals surface area contributed by atoms with Gasteiger partial charge >= 0.3 is 0 Å². The summed E-state index contributed by atoms with van der Waals surface area (Å²) in [5, 5.41) is 3.59. The molecule has 0 radical (unpaired) electrons. The van der Waals surface area contributed by atoms with Crippen molar-refractivity contribution in [3.63, 3.8) is 0 Å². The molecule has 1 rings (SSSR count). The molecule has 108 valence electrons. The van der Waals surface area contributed by atoms with Crippen LogP contribution in [0.1, 0.15) is 37.3 Å². The van der Waals surface area contributed by atoms with E-state index in [4.69, 9.17) is 0 Å². The molecular formula is C17H29NS. The maximum atomic E-state index is 3.59. The van der Waals surface area contributed by atoms with Crippen LogP contribution < -0.4 is 5.32 Å². The Balaban J connectivity index is 2.46. The summed E-state index contributed by atoms with van der Waals surface area (Å²) in [6, 6.07) is 8.97. The van der Waals surface area contributed by atoms with Crippen molar-refractivity contribution in [2.45, 2.75) is 39.5 Å². The molecule has 0 aromatic heterocycles. The Morgan fingerprint density at radius 3 is 2.84 bits per heavy atom. The third kappa shape index (κ3) is 7.64. The summed E-state index contributed by atoms with van der Waals surface area (Å²) < 4.78 is 0. The van der Waals surface area contributed by atoms with Crippen LogP contribution >= 0.6 is 11.8 Å². The van der Waals surface area contributed by atoms with Gasteiger partial charge in [0.15, 0.2) is 0 Å². The second-order valence-corrected chi connectivity index (χ2v) is 6.38. The molecule has 1 atom stereocenters. The molecular weight excluding hydrogens is 250 g/mol. The Hall–Kier alpha value is -0.470. The Labute approximate surface area is 123 Å². The van der Waals surface area contributed by atoms with E-state index in [0.29, 0.717) is 0 Å². The summed E-state index contributed by atoms with van der Waals surface area (Å²) >= 11 is 1.96. The molecule has 0 saturated heterocycles. The van der Waals surface area contributed by atoms with E-state index in [-0.39, 0.29) is 0 Å². The van der Waals surface area contributed by atoms with Crippen LogP contribution in [0.5, 0.6) is 0 Å². The highest BCUT2D eigenvalue weighted by atomic mass is 32.2. The lowest BCUT2D eigenvalue weighted by Gasteiger charge is -2.18. The predicted octanol–water partition coefficient (Wildman–Crippen LogP) is 4.30. The van der Waals surface area contributed by atoms with Gasteiger partial charge in [0.05, 0.1) is 0 Å². The molecule has 0 aliphatic carbocycles. The zero-order valence-corrected chi connectivity index (χ0v) is 13.6. The highest BCUT2D eigenvalue weighted by Gasteiger charge is 2.09. The molecule has 1 unspecified atom stereocenters. The molecule has 0 spiro atoms. The summed E-state index contributed by atoms with van der Waals surface area (Å²) in [5.74, 6) is 2.07. The van der Waals surface area contributed by atoms with Crippen molar-refractivity contribution in [2.75, 3.05) is 25.1 Å². The Kier molecular flexibility index (Phi) is 9.02. The Bertz CT molecular complexity index is 328. The van der Waals surface area contributed by atoms with E-state index in [2.05, 4.69) is 49.7 Å². The molecule has 0 heterocycles. The lowest BCUT2D eigenvalue weighted by molar-refractivity contribution is 0.440. The minimum atomic E-state index is 0.778. The van der Waals surface area contributed by atoms with Crippen molar-refractivity contribution in [3.8, 4) is 0 Å². The molecule has 0 amide bonds. The molecule has 2 heteroatoms. The van der Waals surface area contributed by atoms with Crippen LogP contribution in [-0.4, -0.2) is 25.1 Å². The molecule has 0 saturated carbocycles. The van der Waals surface area contributed by atoms with E-state index in [1.807, 2.05) is 11.8 Å². The van der Waals surface area contributed by atoms with Gasteiger partial charge in [0.25, 0.3) is 0 Å². The quantitative estimate of drug-likeness (QED) is 0.641.